The Morgan fingerprint density at radius 3 is 2.59 bits per heavy atom. The molecule has 3 nitrogen and oxygen atoms in total. The van der Waals surface area contributed by atoms with Crippen LogP contribution in [0.2, 0.25) is 0 Å². The maximum atomic E-state index is 12.4. The first-order valence-electron chi connectivity index (χ1n) is 8.95. The van der Waals surface area contributed by atoms with Crippen molar-refractivity contribution in [3.63, 3.8) is 0 Å². The number of Topliss-reactive ketones (excluding diaryl/α,β-unsaturated/α-hetero) is 1. The molecule has 0 radical (unpaired) electrons. The lowest BCUT2D eigenvalue weighted by Gasteiger charge is -2.57. The monoisotopic (exact) mass is 304 g/mol. The van der Waals surface area contributed by atoms with Gasteiger partial charge in [0.25, 0.3) is 0 Å². The Morgan fingerprint density at radius 2 is 1.82 bits per heavy atom. The van der Waals surface area contributed by atoms with Crippen molar-refractivity contribution in [3.05, 3.63) is 11.6 Å². The summed E-state index contributed by atoms with van der Waals surface area (Å²) in [4.78, 5) is 12.4. The Bertz CT molecular complexity index is 539. The van der Waals surface area contributed by atoms with E-state index in [1.54, 1.807) is 0 Å². The van der Waals surface area contributed by atoms with Crippen molar-refractivity contribution in [1.82, 2.24) is 0 Å². The van der Waals surface area contributed by atoms with Crippen molar-refractivity contribution in [3.8, 4) is 0 Å². The molecule has 0 heterocycles. The molecule has 0 aromatic rings. The molecular weight excluding hydrogens is 276 g/mol. The number of ketones is 1. The van der Waals surface area contributed by atoms with Crippen LogP contribution in [0.4, 0.5) is 0 Å². The molecule has 0 saturated heterocycles. The zero-order chi connectivity index (χ0) is 15.7. The Hall–Kier alpha value is -0.670. The summed E-state index contributed by atoms with van der Waals surface area (Å²) in [5.74, 6) is 2.16. The number of rotatable bonds is 0. The molecule has 4 rings (SSSR count). The van der Waals surface area contributed by atoms with Gasteiger partial charge in [0.2, 0.25) is 0 Å². The van der Waals surface area contributed by atoms with E-state index in [4.69, 9.17) is 0 Å². The average molecular weight is 304 g/mol. The fourth-order valence-electron chi connectivity index (χ4n) is 6.46. The smallest absolute Gasteiger partial charge is 0.139 e. The van der Waals surface area contributed by atoms with E-state index in [9.17, 15) is 15.0 Å². The van der Waals surface area contributed by atoms with Crippen molar-refractivity contribution in [2.75, 3.05) is 0 Å². The third kappa shape index (κ3) is 1.78. The van der Waals surface area contributed by atoms with Crippen LogP contribution in [0.3, 0.4) is 0 Å². The maximum absolute atomic E-state index is 12.4. The van der Waals surface area contributed by atoms with Crippen LogP contribution < -0.4 is 0 Å². The van der Waals surface area contributed by atoms with Crippen LogP contribution >= 0.6 is 0 Å². The van der Waals surface area contributed by atoms with E-state index < -0.39 is 12.2 Å². The normalized spacial score (nSPS) is 54.3. The first-order valence-corrected chi connectivity index (χ1v) is 8.95. The molecular formula is C19H28O3. The Kier molecular flexibility index (Phi) is 3.16. The molecule has 2 N–H and O–H groups in total. The molecule has 0 spiro atoms. The summed E-state index contributed by atoms with van der Waals surface area (Å²) in [6, 6.07) is 0. The second kappa shape index (κ2) is 4.67. The zero-order valence-corrected chi connectivity index (χ0v) is 13.7. The zero-order valence-electron chi connectivity index (χ0n) is 13.7. The Labute approximate surface area is 132 Å². The van der Waals surface area contributed by atoms with Gasteiger partial charge in [0.15, 0.2) is 0 Å². The number of carbonyl (C=O) groups excluding carboxylic acids is 1. The molecule has 0 unspecified atom stereocenters. The predicted molar refractivity (Wildman–Crippen MR) is 84.1 cm³/mol. The van der Waals surface area contributed by atoms with Gasteiger partial charge in [0, 0.05) is 11.8 Å². The van der Waals surface area contributed by atoms with Gasteiger partial charge >= 0.3 is 0 Å². The minimum atomic E-state index is -0.599. The first kappa shape index (κ1) is 14.9. The number of hydrogen-bond acceptors (Lipinski definition) is 3. The van der Waals surface area contributed by atoms with E-state index in [0.717, 1.165) is 32.1 Å². The maximum Gasteiger partial charge on any atom is 0.139 e. The quantitative estimate of drug-likeness (QED) is 0.677. The number of hydrogen-bond donors (Lipinski definition) is 2. The summed E-state index contributed by atoms with van der Waals surface area (Å²) in [5.41, 5.74) is 1.30. The van der Waals surface area contributed by atoms with Crippen LogP contribution in [0.1, 0.15) is 58.8 Å². The van der Waals surface area contributed by atoms with Gasteiger partial charge in [-0.25, -0.2) is 0 Å². The lowest BCUT2D eigenvalue weighted by Crippen LogP contribution is -2.53. The van der Waals surface area contributed by atoms with Gasteiger partial charge in [0.05, 0.1) is 12.2 Å². The third-order valence-corrected chi connectivity index (χ3v) is 7.84. The van der Waals surface area contributed by atoms with Crippen molar-refractivity contribution in [1.29, 1.82) is 0 Å². The van der Waals surface area contributed by atoms with Crippen LogP contribution in [0.5, 0.6) is 0 Å². The largest absolute Gasteiger partial charge is 0.390 e. The van der Waals surface area contributed by atoms with Crippen molar-refractivity contribution in [2.45, 2.75) is 71.0 Å². The number of aliphatic hydroxyl groups is 2. The lowest BCUT2D eigenvalue weighted by molar-refractivity contribution is -0.133. The molecule has 0 aromatic carbocycles. The molecule has 3 fully saturated rings. The fraction of sp³-hybridized carbons (Fsp3) is 0.842. The Morgan fingerprint density at radius 1 is 1.09 bits per heavy atom. The van der Waals surface area contributed by atoms with Crippen molar-refractivity contribution < 1.29 is 15.0 Å². The Balaban J connectivity index is 1.70. The van der Waals surface area contributed by atoms with Crippen LogP contribution in [0, 0.1) is 28.6 Å². The SMILES string of the molecule is C[C@]12C[C@H](O)[C@@H](O)CC1=CC[C@@H]1[C@@H]2CC[C@]2(C)C(=O)CC[C@@H]12. The average Bonchev–Trinajstić information content (AvgIpc) is 2.77. The van der Waals surface area contributed by atoms with Crippen molar-refractivity contribution >= 4 is 5.78 Å². The summed E-state index contributed by atoms with van der Waals surface area (Å²) < 4.78 is 0. The molecule has 0 amide bonds. The van der Waals surface area contributed by atoms with Crippen LogP contribution in [-0.4, -0.2) is 28.2 Å². The molecule has 0 bridgehead atoms. The highest BCUT2D eigenvalue weighted by molar-refractivity contribution is 5.87. The highest BCUT2D eigenvalue weighted by Gasteiger charge is 2.59. The van der Waals surface area contributed by atoms with Gasteiger partial charge in [-0.1, -0.05) is 25.5 Å². The molecule has 0 aromatic heterocycles. The molecule has 22 heavy (non-hydrogen) atoms. The van der Waals surface area contributed by atoms with Crippen molar-refractivity contribution in [2.24, 2.45) is 28.6 Å². The second-order valence-corrected chi connectivity index (χ2v) is 8.72. The lowest BCUT2D eigenvalue weighted by atomic mass is 9.48. The molecule has 3 heteroatoms. The van der Waals surface area contributed by atoms with Gasteiger partial charge in [0.1, 0.15) is 5.78 Å². The predicted octanol–water partition coefficient (Wildman–Crippen LogP) is 2.85. The van der Waals surface area contributed by atoms with Crippen LogP contribution in [0.15, 0.2) is 11.6 Å². The standard InChI is InChI=1S/C19H28O3/c1-18-8-7-14-12(13(18)5-6-17(18)22)4-3-11-9-15(20)16(21)10-19(11,14)2/h3,12-16,20-21H,4-10H2,1-2H3/t12-,13-,14-,15-,16-,18-,19-/m0/s1. The van der Waals surface area contributed by atoms with Gasteiger partial charge in [-0.3, -0.25) is 4.79 Å². The summed E-state index contributed by atoms with van der Waals surface area (Å²) in [6.07, 6.45) is 7.44. The topological polar surface area (TPSA) is 57.5 Å². The van der Waals surface area contributed by atoms with E-state index >= 15 is 0 Å². The van der Waals surface area contributed by atoms with Crippen LogP contribution in [0.25, 0.3) is 0 Å². The van der Waals surface area contributed by atoms with E-state index in [0.29, 0.717) is 36.4 Å². The summed E-state index contributed by atoms with van der Waals surface area (Å²) >= 11 is 0. The summed E-state index contributed by atoms with van der Waals surface area (Å²) in [6.45, 7) is 4.49. The molecule has 0 aliphatic heterocycles. The summed E-state index contributed by atoms with van der Waals surface area (Å²) in [5, 5.41) is 20.2. The van der Waals surface area contributed by atoms with E-state index in [1.165, 1.54) is 5.57 Å². The molecule has 122 valence electrons. The van der Waals surface area contributed by atoms with Gasteiger partial charge in [-0.15, -0.1) is 0 Å². The molecule has 4 aliphatic rings. The number of aliphatic hydroxyl groups excluding tert-OH is 2. The minimum Gasteiger partial charge on any atom is -0.390 e. The van der Waals surface area contributed by atoms with E-state index in [-0.39, 0.29) is 10.8 Å². The molecule has 3 saturated carbocycles. The number of allylic oxidation sites excluding steroid dienone is 1. The third-order valence-electron chi connectivity index (χ3n) is 7.84. The fourth-order valence-corrected chi connectivity index (χ4v) is 6.46. The highest BCUT2D eigenvalue weighted by atomic mass is 16.3. The minimum absolute atomic E-state index is 0.0224. The first-order chi connectivity index (χ1) is 10.4. The molecule has 4 aliphatic carbocycles. The van der Waals surface area contributed by atoms with Gasteiger partial charge in [-0.2, -0.15) is 0 Å². The van der Waals surface area contributed by atoms with Gasteiger partial charge < -0.3 is 10.2 Å². The van der Waals surface area contributed by atoms with Gasteiger partial charge in [-0.05, 0) is 61.7 Å². The number of carbonyl (C=O) groups is 1. The second-order valence-electron chi connectivity index (χ2n) is 8.72. The van der Waals surface area contributed by atoms with E-state index in [2.05, 4.69) is 19.9 Å². The summed E-state index contributed by atoms with van der Waals surface area (Å²) in [7, 11) is 0. The van der Waals surface area contributed by atoms with E-state index in [1.807, 2.05) is 0 Å². The number of fused-ring (bicyclic) bond motifs is 5. The van der Waals surface area contributed by atoms with Crippen LogP contribution in [-0.2, 0) is 4.79 Å². The highest BCUT2D eigenvalue weighted by Crippen LogP contribution is 2.63. The molecule has 7 atom stereocenters.